The van der Waals surface area contributed by atoms with Crippen LogP contribution in [-0.2, 0) is 6.54 Å². The zero-order valence-corrected chi connectivity index (χ0v) is 11.2. The molecule has 0 aliphatic carbocycles. The molecule has 0 unspecified atom stereocenters. The van der Waals surface area contributed by atoms with E-state index in [0.717, 1.165) is 18.8 Å². The minimum Gasteiger partial charge on any atom is -0.371 e. The van der Waals surface area contributed by atoms with Gasteiger partial charge in [0, 0.05) is 31.5 Å². The molecule has 1 rings (SSSR count). The van der Waals surface area contributed by atoms with Gasteiger partial charge in [-0.3, -0.25) is 4.98 Å². The van der Waals surface area contributed by atoms with E-state index < -0.39 is 0 Å². The zero-order valence-electron chi connectivity index (χ0n) is 11.2. The maximum absolute atomic E-state index is 5.64. The molecule has 96 valence electrons. The fourth-order valence-electron chi connectivity index (χ4n) is 1.84. The average molecular weight is 235 g/mol. The van der Waals surface area contributed by atoms with Crippen molar-refractivity contribution in [3.63, 3.8) is 0 Å². The summed E-state index contributed by atoms with van der Waals surface area (Å²) in [7, 11) is 0. The molecule has 0 aliphatic rings. The first-order valence-corrected chi connectivity index (χ1v) is 6.71. The molecule has 0 radical (unpaired) electrons. The van der Waals surface area contributed by atoms with Crippen LogP contribution in [0.15, 0.2) is 18.3 Å². The first kappa shape index (κ1) is 14.0. The minimum absolute atomic E-state index is 0.517. The van der Waals surface area contributed by atoms with E-state index >= 15 is 0 Å². The summed E-state index contributed by atoms with van der Waals surface area (Å²) in [6.45, 7) is 7.24. The van der Waals surface area contributed by atoms with E-state index in [4.69, 9.17) is 5.73 Å². The number of hydrogen-bond donors (Lipinski definition) is 1. The Bertz CT molecular complexity index is 304. The lowest BCUT2D eigenvalue weighted by atomic mass is 10.2. The molecule has 0 aromatic carbocycles. The Balaban J connectivity index is 2.71. The van der Waals surface area contributed by atoms with Crippen molar-refractivity contribution >= 4 is 5.69 Å². The molecule has 0 amide bonds. The molecule has 17 heavy (non-hydrogen) atoms. The highest BCUT2D eigenvalue weighted by Gasteiger charge is 2.06. The van der Waals surface area contributed by atoms with Gasteiger partial charge in [-0.25, -0.2) is 0 Å². The van der Waals surface area contributed by atoms with Crippen LogP contribution in [0.25, 0.3) is 0 Å². The Morgan fingerprint density at radius 3 is 2.35 bits per heavy atom. The van der Waals surface area contributed by atoms with E-state index in [1.54, 1.807) is 0 Å². The molecular formula is C14H25N3. The van der Waals surface area contributed by atoms with Gasteiger partial charge in [0.15, 0.2) is 0 Å². The number of hydrogen-bond acceptors (Lipinski definition) is 3. The molecule has 0 bridgehead atoms. The molecule has 2 N–H and O–H groups in total. The molecule has 3 nitrogen and oxygen atoms in total. The second kappa shape index (κ2) is 8.07. The average Bonchev–Trinajstić information content (AvgIpc) is 2.39. The summed E-state index contributed by atoms with van der Waals surface area (Å²) < 4.78 is 0. The van der Waals surface area contributed by atoms with Crippen LogP contribution in [0.5, 0.6) is 0 Å². The van der Waals surface area contributed by atoms with Crippen LogP contribution >= 0.6 is 0 Å². The predicted octanol–water partition coefficient (Wildman–Crippen LogP) is 2.95. The van der Waals surface area contributed by atoms with Gasteiger partial charge in [-0.1, -0.05) is 26.7 Å². The van der Waals surface area contributed by atoms with Crippen molar-refractivity contribution in [2.24, 2.45) is 5.73 Å². The monoisotopic (exact) mass is 235 g/mol. The van der Waals surface area contributed by atoms with Gasteiger partial charge < -0.3 is 10.6 Å². The first-order valence-electron chi connectivity index (χ1n) is 6.71. The lowest BCUT2D eigenvalue weighted by Crippen LogP contribution is -2.25. The van der Waals surface area contributed by atoms with Crippen molar-refractivity contribution in [1.29, 1.82) is 0 Å². The number of pyridine rings is 1. The van der Waals surface area contributed by atoms with E-state index in [9.17, 15) is 0 Å². The predicted molar refractivity (Wildman–Crippen MR) is 74.2 cm³/mol. The van der Waals surface area contributed by atoms with E-state index in [0.29, 0.717) is 6.54 Å². The van der Waals surface area contributed by atoms with Gasteiger partial charge in [0.05, 0.1) is 5.69 Å². The van der Waals surface area contributed by atoms with Crippen LogP contribution in [0.3, 0.4) is 0 Å². The summed E-state index contributed by atoms with van der Waals surface area (Å²) in [4.78, 5) is 6.70. The van der Waals surface area contributed by atoms with Crippen molar-refractivity contribution in [2.45, 2.75) is 46.1 Å². The molecule has 1 heterocycles. The summed E-state index contributed by atoms with van der Waals surface area (Å²) in [5.74, 6) is 0. The molecule has 0 aliphatic heterocycles. The Hall–Kier alpha value is -1.09. The van der Waals surface area contributed by atoms with Crippen LogP contribution < -0.4 is 10.6 Å². The van der Waals surface area contributed by atoms with Crippen LogP contribution in [0.2, 0.25) is 0 Å². The van der Waals surface area contributed by atoms with Gasteiger partial charge in [-0.05, 0) is 25.0 Å². The Morgan fingerprint density at radius 2 is 1.82 bits per heavy atom. The fourth-order valence-corrected chi connectivity index (χ4v) is 1.84. The smallest absolute Gasteiger partial charge is 0.0560 e. The Kier molecular flexibility index (Phi) is 6.63. The van der Waals surface area contributed by atoms with E-state index in [2.05, 4.69) is 35.9 Å². The Labute approximate surface area is 105 Å². The quantitative estimate of drug-likeness (QED) is 0.753. The number of anilines is 1. The maximum Gasteiger partial charge on any atom is 0.0560 e. The third-order valence-electron chi connectivity index (χ3n) is 2.94. The van der Waals surface area contributed by atoms with Gasteiger partial charge in [0.25, 0.3) is 0 Å². The standard InChI is InChI=1S/C14H25N3/c1-3-5-9-17(10-6-4-2)14-7-8-16-13(11-14)12-15/h7-8,11H,3-6,9-10,12,15H2,1-2H3. The van der Waals surface area contributed by atoms with Crippen molar-refractivity contribution in [3.05, 3.63) is 24.0 Å². The number of aromatic nitrogens is 1. The van der Waals surface area contributed by atoms with Crippen molar-refractivity contribution in [2.75, 3.05) is 18.0 Å². The topological polar surface area (TPSA) is 42.2 Å². The Morgan fingerprint density at radius 1 is 1.18 bits per heavy atom. The van der Waals surface area contributed by atoms with Crippen LogP contribution in [0.1, 0.15) is 45.2 Å². The second-order valence-electron chi connectivity index (χ2n) is 4.40. The molecule has 0 fully saturated rings. The highest BCUT2D eigenvalue weighted by molar-refractivity contribution is 5.46. The number of nitrogens with two attached hydrogens (primary N) is 1. The summed E-state index contributed by atoms with van der Waals surface area (Å²) in [6, 6.07) is 4.20. The molecule has 0 saturated heterocycles. The lowest BCUT2D eigenvalue weighted by molar-refractivity contribution is 0.677. The van der Waals surface area contributed by atoms with Gasteiger partial charge in [0.1, 0.15) is 0 Å². The number of rotatable bonds is 8. The molecule has 1 aromatic heterocycles. The van der Waals surface area contributed by atoms with Crippen LogP contribution in [0, 0.1) is 0 Å². The third-order valence-corrected chi connectivity index (χ3v) is 2.94. The number of unbranched alkanes of at least 4 members (excludes halogenated alkanes) is 2. The summed E-state index contributed by atoms with van der Waals surface area (Å²) in [5.41, 5.74) is 7.88. The van der Waals surface area contributed by atoms with E-state index in [-0.39, 0.29) is 0 Å². The summed E-state index contributed by atoms with van der Waals surface area (Å²) in [6.07, 6.45) is 6.81. The van der Waals surface area contributed by atoms with Crippen molar-refractivity contribution in [3.8, 4) is 0 Å². The second-order valence-corrected chi connectivity index (χ2v) is 4.40. The molecule has 0 atom stereocenters. The summed E-state index contributed by atoms with van der Waals surface area (Å²) >= 11 is 0. The van der Waals surface area contributed by atoms with Crippen molar-refractivity contribution in [1.82, 2.24) is 4.98 Å². The zero-order chi connectivity index (χ0) is 12.5. The fraction of sp³-hybridized carbons (Fsp3) is 0.643. The van der Waals surface area contributed by atoms with E-state index in [1.807, 2.05) is 6.20 Å². The third kappa shape index (κ3) is 4.73. The molecular weight excluding hydrogens is 210 g/mol. The normalized spacial score (nSPS) is 10.5. The van der Waals surface area contributed by atoms with Gasteiger partial charge in [-0.15, -0.1) is 0 Å². The van der Waals surface area contributed by atoms with Gasteiger partial charge in [0.2, 0.25) is 0 Å². The molecule has 0 saturated carbocycles. The molecule has 1 aromatic rings. The van der Waals surface area contributed by atoms with Gasteiger partial charge in [-0.2, -0.15) is 0 Å². The van der Waals surface area contributed by atoms with Gasteiger partial charge >= 0.3 is 0 Å². The molecule has 0 spiro atoms. The maximum atomic E-state index is 5.64. The lowest BCUT2D eigenvalue weighted by Gasteiger charge is -2.24. The molecule has 3 heteroatoms. The van der Waals surface area contributed by atoms with Crippen LogP contribution in [0.4, 0.5) is 5.69 Å². The SMILES string of the molecule is CCCCN(CCCC)c1ccnc(CN)c1. The highest BCUT2D eigenvalue weighted by Crippen LogP contribution is 2.16. The highest BCUT2D eigenvalue weighted by atomic mass is 15.1. The van der Waals surface area contributed by atoms with E-state index in [1.165, 1.54) is 31.4 Å². The first-order chi connectivity index (χ1) is 8.31. The summed E-state index contributed by atoms with van der Waals surface area (Å²) in [5, 5.41) is 0. The number of nitrogens with zero attached hydrogens (tertiary/aromatic N) is 2. The largest absolute Gasteiger partial charge is 0.371 e. The minimum atomic E-state index is 0.517. The van der Waals surface area contributed by atoms with Crippen molar-refractivity contribution < 1.29 is 0 Å². The van der Waals surface area contributed by atoms with Crippen LogP contribution in [-0.4, -0.2) is 18.1 Å².